The van der Waals surface area contributed by atoms with Crippen LogP contribution in [-0.2, 0) is 23.1 Å². The molecular formula is C27H56NO6P. The van der Waals surface area contributed by atoms with Crippen molar-refractivity contribution < 1.29 is 28.0 Å². The molecule has 0 aliphatic heterocycles. The molecule has 0 fully saturated rings. The van der Waals surface area contributed by atoms with Crippen LogP contribution in [0.1, 0.15) is 85.5 Å². The predicted octanol–water partition coefficient (Wildman–Crippen LogP) is 6.71. The SMILES string of the molecule is COC(COCCCCC=CC(C)CCCC(C)CCCC(C)C)COP(=O)(O)OCCN(C)C. The average molecular weight is 522 g/mol. The highest BCUT2D eigenvalue weighted by molar-refractivity contribution is 7.47. The van der Waals surface area contributed by atoms with Crippen LogP contribution in [0.2, 0.25) is 0 Å². The molecule has 0 rings (SSSR count). The van der Waals surface area contributed by atoms with Crippen LogP contribution in [0, 0.1) is 17.8 Å². The monoisotopic (exact) mass is 521 g/mol. The number of unbranched alkanes of at least 4 members (excludes halogenated alkanes) is 2. The lowest BCUT2D eigenvalue weighted by molar-refractivity contribution is -0.0221. The summed E-state index contributed by atoms with van der Waals surface area (Å²) in [6.07, 6.45) is 15.4. The fourth-order valence-corrected chi connectivity index (χ4v) is 4.39. The van der Waals surface area contributed by atoms with E-state index in [1.807, 2.05) is 19.0 Å². The summed E-state index contributed by atoms with van der Waals surface area (Å²) in [5.41, 5.74) is 0. The van der Waals surface area contributed by atoms with Gasteiger partial charge in [0.25, 0.3) is 0 Å². The van der Waals surface area contributed by atoms with Gasteiger partial charge in [0, 0.05) is 20.3 Å². The van der Waals surface area contributed by atoms with Crippen LogP contribution in [0.4, 0.5) is 0 Å². The van der Waals surface area contributed by atoms with Gasteiger partial charge in [0.1, 0.15) is 6.10 Å². The van der Waals surface area contributed by atoms with Gasteiger partial charge in [-0.05, 0) is 57.5 Å². The average Bonchev–Trinajstić information content (AvgIpc) is 2.76. The number of allylic oxidation sites excluding steroid dienone is 2. The third-order valence-electron chi connectivity index (χ3n) is 6.06. The summed E-state index contributed by atoms with van der Waals surface area (Å²) in [6, 6.07) is 0. The topological polar surface area (TPSA) is 77.5 Å². The van der Waals surface area contributed by atoms with E-state index in [4.69, 9.17) is 18.5 Å². The smallest absolute Gasteiger partial charge is 0.379 e. The zero-order valence-electron chi connectivity index (χ0n) is 23.7. The molecular weight excluding hydrogens is 465 g/mol. The summed E-state index contributed by atoms with van der Waals surface area (Å²) in [7, 11) is 1.18. The molecule has 35 heavy (non-hydrogen) atoms. The second kappa shape index (κ2) is 21.8. The van der Waals surface area contributed by atoms with Crippen molar-refractivity contribution >= 4 is 7.82 Å². The second-order valence-corrected chi connectivity index (χ2v) is 12.0. The van der Waals surface area contributed by atoms with Crippen LogP contribution in [0.15, 0.2) is 12.2 Å². The van der Waals surface area contributed by atoms with Gasteiger partial charge in [-0.3, -0.25) is 9.05 Å². The van der Waals surface area contributed by atoms with Crippen LogP contribution in [0.25, 0.3) is 0 Å². The molecule has 4 unspecified atom stereocenters. The highest BCUT2D eigenvalue weighted by Crippen LogP contribution is 2.43. The Kier molecular flexibility index (Phi) is 21.6. The van der Waals surface area contributed by atoms with E-state index in [0.29, 0.717) is 25.7 Å². The molecule has 0 saturated heterocycles. The number of methoxy groups -OCH3 is 1. The first-order chi connectivity index (χ1) is 16.6. The zero-order valence-corrected chi connectivity index (χ0v) is 24.6. The first-order valence-corrected chi connectivity index (χ1v) is 15.1. The molecule has 0 aromatic heterocycles. The maximum atomic E-state index is 11.9. The summed E-state index contributed by atoms with van der Waals surface area (Å²) in [5, 5.41) is 0. The van der Waals surface area contributed by atoms with E-state index in [1.165, 1.54) is 45.6 Å². The van der Waals surface area contributed by atoms with Gasteiger partial charge in [-0.25, -0.2) is 4.57 Å². The summed E-state index contributed by atoms with van der Waals surface area (Å²) < 4.78 is 32.8. The van der Waals surface area contributed by atoms with Crippen molar-refractivity contribution in [2.75, 3.05) is 54.2 Å². The van der Waals surface area contributed by atoms with Gasteiger partial charge in [0.2, 0.25) is 0 Å². The minimum atomic E-state index is -4.07. The van der Waals surface area contributed by atoms with Gasteiger partial charge in [0.15, 0.2) is 0 Å². The van der Waals surface area contributed by atoms with Crippen molar-refractivity contribution in [3.8, 4) is 0 Å². The highest BCUT2D eigenvalue weighted by Gasteiger charge is 2.23. The van der Waals surface area contributed by atoms with Gasteiger partial charge in [0.05, 0.1) is 19.8 Å². The Morgan fingerprint density at radius 1 is 0.886 bits per heavy atom. The zero-order chi connectivity index (χ0) is 26.5. The van der Waals surface area contributed by atoms with Crippen molar-refractivity contribution in [2.24, 2.45) is 17.8 Å². The Hall–Kier alpha value is -0.270. The second-order valence-electron chi connectivity index (χ2n) is 10.6. The van der Waals surface area contributed by atoms with Gasteiger partial charge in [-0.2, -0.15) is 0 Å². The standard InChI is InChI=1S/C27H56NO6P/c1-24(2)14-12-16-26(4)18-13-17-25(3)15-10-8-9-11-20-32-22-27(31-7)23-34-35(29,30)33-21-19-28(5)6/h10,15,24-27H,8-9,11-14,16-23H2,1-7H3,(H,29,30). The van der Waals surface area contributed by atoms with Crippen LogP contribution < -0.4 is 0 Å². The molecule has 0 bridgehead atoms. The third-order valence-corrected chi connectivity index (χ3v) is 7.05. The summed E-state index contributed by atoms with van der Waals surface area (Å²) in [4.78, 5) is 11.6. The minimum Gasteiger partial charge on any atom is -0.379 e. The van der Waals surface area contributed by atoms with Crippen molar-refractivity contribution in [1.82, 2.24) is 4.90 Å². The first kappa shape index (κ1) is 34.7. The number of hydrogen-bond donors (Lipinski definition) is 1. The minimum absolute atomic E-state index is 0.0520. The maximum absolute atomic E-state index is 11.9. The number of likely N-dealkylation sites (N-methyl/N-ethyl adjacent to an activating group) is 1. The Morgan fingerprint density at radius 2 is 1.57 bits per heavy atom. The summed E-state index contributed by atoms with van der Waals surface area (Å²) in [5.74, 6) is 2.32. The van der Waals surface area contributed by atoms with Crippen molar-refractivity contribution in [3.05, 3.63) is 12.2 Å². The number of hydrogen-bond acceptors (Lipinski definition) is 6. The van der Waals surface area contributed by atoms with Crippen LogP contribution in [-0.4, -0.2) is 70.1 Å². The van der Waals surface area contributed by atoms with Crippen LogP contribution in [0.5, 0.6) is 0 Å². The molecule has 210 valence electrons. The largest absolute Gasteiger partial charge is 0.472 e. The fourth-order valence-electron chi connectivity index (χ4n) is 3.65. The molecule has 0 spiro atoms. The van der Waals surface area contributed by atoms with Gasteiger partial charge < -0.3 is 19.3 Å². The molecule has 0 heterocycles. The Balaban J connectivity index is 3.77. The van der Waals surface area contributed by atoms with Crippen molar-refractivity contribution in [3.63, 3.8) is 0 Å². The normalized spacial score (nSPS) is 16.7. The number of nitrogens with zero attached hydrogens (tertiary/aromatic N) is 1. The molecule has 0 amide bonds. The van der Waals surface area contributed by atoms with E-state index >= 15 is 0 Å². The van der Waals surface area contributed by atoms with Crippen molar-refractivity contribution in [2.45, 2.75) is 91.6 Å². The molecule has 7 nitrogen and oxygen atoms in total. The maximum Gasteiger partial charge on any atom is 0.472 e. The predicted molar refractivity (Wildman–Crippen MR) is 146 cm³/mol. The first-order valence-electron chi connectivity index (χ1n) is 13.6. The fraction of sp³-hybridized carbons (Fsp3) is 0.926. The Labute approximate surface area is 216 Å². The molecule has 0 aliphatic carbocycles. The van der Waals surface area contributed by atoms with Crippen LogP contribution >= 0.6 is 7.82 Å². The molecule has 0 radical (unpaired) electrons. The highest BCUT2D eigenvalue weighted by atomic mass is 31.2. The van der Waals surface area contributed by atoms with Gasteiger partial charge in [-0.1, -0.05) is 72.0 Å². The van der Waals surface area contributed by atoms with E-state index in [-0.39, 0.29) is 13.2 Å². The van der Waals surface area contributed by atoms with Crippen LogP contribution in [0.3, 0.4) is 0 Å². The molecule has 0 aromatic rings. The van der Waals surface area contributed by atoms with Gasteiger partial charge in [-0.15, -0.1) is 0 Å². The molecule has 0 aliphatic rings. The van der Waals surface area contributed by atoms with Crippen molar-refractivity contribution in [1.29, 1.82) is 0 Å². The third kappa shape index (κ3) is 23.9. The van der Waals surface area contributed by atoms with Gasteiger partial charge >= 0.3 is 7.82 Å². The number of phosphoric ester groups is 1. The Bertz CT molecular complexity index is 558. The summed E-state index contributed by atoms with van der Waals surface area (Å²) in [6.45, 7) is 10.9. The lowest BCUT2D eigenvalue weighted by Crippen LogP contribution is -2.24. The number of ether oxygens (including phenoxy) is 2. The quantitative estimate of drug-likeness (QED) is 0.0859. The van der Waals surface area contributed by atoms with E-state index in [2.05, 4.69) is 39.8 Å². The Morgan fingerprint density at radius 3 is 2.20 bits per heavy atom. The number of phosphoric acid groups is 1. The molecule has 8 heteroatoms. The summed E-state index contributed by atoms with van der Waals surface area (Å²) >= 11 is 0. The molecule has 1 N–H and O–H groups in total. The molecule has 0 saturated carbocycles. The van der Waals surface area contributed by atoms with E-state index in [1.54, 1.807) is 0 Å². The number of rotatable bonds is 24. The van der Waals surface area contributed by atoms with E-state index in [0.717, 1.165) is 31.1 Å². The molecule has 4 atom stereocenters. The van der Waals surface area contributed by atoms with E-state index in [9.17, 15) is 9.46 Å². The lowest BCUT2D eigenvalue weighted by atomic mass is 9.93. The molecule has 0 aromatic carbocycles. The lowest BCUT2D eigenvalue weighted by Gasteiger charge is -2.18. The van der Waals surface area contributed by atoms with E-state index < -0.39 is 13.9 Å².